The zero-order chi connectivity index (χ0) is 15.4. The molecule has 1 N–H and O–H groups in total. The quantitative estimate of drug-likeness (QED) is 0.920. The van der Waals surface area contributed by atoms with Crippen LogP contribution in [-0.4, -0.2) is 42.1 Å². The van der Waals surface area contributed by atoms with Crippen molar-refractivity contribution in [3.8, 4) is 6.07 Å². The first kappa shape index (κ1) is 14.9. The minimum atomic E-state index is -0.836. The van der Waals surface area contributed by atoms with Gasteiger partial charge in [-0.3, -0.25) is 9.69 Å². The molecule has 0 saturated carbocycles. The Balaban J connectivity index is 2.07. The molecule has 2 amide bonds. The Kier molecular flexibility index (Phi) is 4.43. The fraction of sp³-hybridized carbons (Fsp3) is 0.400. The van der Waals surface area contributed by atoms with Crippen LogP contribution in [0.3, 0.4) is 0 Å². The van der Waals surface area contributed by atoms with Crippen molar-refractivity contribution in [3.63, 3.8) is 0 Å². The van der Waals surface area contributed by atoms with Crippen LogP contribution in [0.1, 0.15) is 18.4 Å². The summed E-state index contributed by atoms with van der Waals surface area (Å²) in [6.45, 7) is 1.00. The van der Waals surface area contributed by atoms with Gasteiger partial charge in [-0.1, -0.05) is 12.1 Å². The normalized spacial score (nSPS) is 17.3. The molecular formula is C15H17N3O3. The highest BCUT2D eigenvalue weighted by Crippen LogP contribution is 2.24. The number of aliphatic carboxylic acids is 1. The van der Waals surface area contributed by atoms with Crippen LogP contribution in [0.15, 0.2) is 24.3 Å². The summed E-state index contributed by atoms with van der Waals surface area (Å²) in [5.41, 5.74) is 1.00. The highest BCUT2D eigenvalue weighted by atomic mass is 16.4. The zero-order valence-electron chi connectivity index (χ0n) is 11.8. The Hall–Kier alpha value is -2.55. The largest absolute Gasteiger partial charge is 0.481 e. The Labute approximate surface area is 123 Å². The molecule has 0 aliphatic carbocycles. The summed E-state index contributed by atoms with van der Waals surface area (Å²) in [7, 11) is 1.63. The fourth-order valence-electron chi connectivity index (χ4n) is 2.60. The van der Waals surface area contributed by atoms with Crippen LogP contribution < -0.4 is 4.90 Å². The predicted octanol–water partition coefficient (Wildman–Crippen LogP) is 1.91. The summed E-state index contributed by atoms with van der Waals surface area (Å²) in [4.78, 5) is 26.2. The fourth-order valence-corrected chi connectivity index (χ4v) is 2.60. The SMILES string of the molecule is CN(C(=O)N1CCC(CC(=O)O)C1)c1ccccc1C#N. The van der Waals surface area contributed by atoms with E-state index in [-0.39, 0.29) is 18.4 Å². The average molecular weight is 287 g/mol. The first-order chi connectivity index (χ1) is 10.0. The molecule has 2 rings (SSSR count). The van der Waals surface area contributed by atoms with Gasteiger partial charge in [0.2, 0.25) is 0 Å². The minimum Gasteiger partial charge on any atom is -0.481 e. The monoisotopic (exact) mass is 287 g/mol. The number of carboxylic acids is 1. The van der Waals surface area contributed by atoms with E-state index in [1.165, 1.54) is 4.90 Å². The van der Waals surface area contributed by atoms with E-state index in [0.29, 0.717) is 30.8 Å². The minimum absolute atomic E-state index is 0.00561. The van der Waals surface area contributed by atoms with Crippen molar-refractivity contribution in [2.45, 2.75) is 12.8 Å². The highest BCUT2D eigenvalue weighted by Gasteiger charge is 2.30. The van der Waals surface area contributed by atoms with Crippen LogP contribution in [-0.2, 0) is 4.79 Å². The lowest BCUT2D eigenvalue weighted by Gasteiger charge is -2.25. The maximum absolute atomic E-state index is 12.4. The third-order valence-corrected chi connectivity index (χ3v) is 3.69. The lowest BCUT2D eigenvalue weighted by atomic mass is 10.1. The molecule has 0 spiro atoms. The number of hydrogen-bond donors (Lipinski definition) is 1. The summed E-state index contributed by atoms with van der Waals surface area (Å²) in [6.07, 6.45) is 0.786. The van der Waals surface area contributed by atoms with Gasteiger partial charge in [0.1, 0.15) is 6.07 Å². The first-order valence-corrected chi connectivity index (χ1v) is 6.76. The van der Waals surface area contributed by atoms with Crippen molar-refractivity contribution in [1.29, 1.82) is 5.26 Å². The van der Waals surface area contributed by atoms with E-state index in [0.717, 1.165) is 0 Å². The van der Waals surface area contributed by atoms with Crippen LogP contribution in [0.25, 0.3) is 0 Å². The number of anilines is 1. The van der Waals surface area contributed by atoms with Gasteiger partial charge in [0.05, 0.1) is 11.3 Å². The molecule has 1 unspecified atom stereocenters. The second-order valence-corrected chi connectivity index (χ2v) is 5.17. The number of amides is 2. The first-order valence-electron chi connectivity index (χ1n) is 6.76. The molecule has 6 heteroatoms. The maximum Gasteiger partial charge on any atom is 0.324 e. The predicted molar refractivity (Wildman–Crippen MR) is 76.9 cm³/mol. The Morgan fingerprint density at radius 2 is 2.19 bits per heavy atom. The number of hydrogen-bond acceptors (Lipinski definition) is 3. The highest BCUT2D eigenvalue weighted by molar-refractivity contribution is 5.93. The van der Waals surface area contributed by atoms with Gasteiger partial charge in [-0.05, 0) is 24.5 Å². The van der Waals surface area contributed by atoms with E-state index in [4.69, 9.17) is 10.4 Å². The molecule has 1 aliphatic rings. The third kappa shape index (κ3) is 3.31. The third-order valence-electron chi connectivity index (χ3n) is 3.69. The lowest BCUT2D eigenvalue weighted by molar-refractivity contribution is -0.138. The molecular weight excluding hydrogens is 270 g/mol. The topological polar surface area (TPSA) is 84.6 Å². The standard InChI is InChI=1S/C15H17N3O3/c1-17(13-5-3-2-4-12(13)9-16)15(21)18-7-6-11(10-18)8-14(19)20/h2-5,11H,6-8,10H2,1H3,(H,19,20). The van der Waals surface area contributed by atoms with Crippen molar-refractivity contribution in [3.05, 3.63) is 29.8 Å². The molecule has 1 heterocycles. The Bertz CT molecular complexity index is 594. The van der Waals surface area contributed by atoms with Crippen LogP contribution in [0.2, 0.25) is 0 Å². The molecule has 0 radical (unpaired) electrons. The van der Waals surface area contributed by atoms with Crippen LogP contribution in [0, 0.1) is 17.2 Å². The summed E-state index contributed by atoms with van der Waals surface area (Å²) in [5, 5.41) is 17.9. The van der Waals surface area contributed by atoms with Crippen molar-refractivity contribution in [2.75, 3.05) is 25.0 Å². The van der Waals surface area contributed by atoms with Crippen molar-refractivity contribution < 1.29 is 14.7 Å². The Morgan fingerprint density at radius 3 is 2.86 bits per heavy atom. The molecule has 1 saturated heterocycles. The summed E-state index contributed by atoms with van der Waals surface area (Å²) in [5.74, 6) is -0.830. The number of nitrogens with zero attached hydrogens (tertiary/aromatic N) is 3. The molecule has 1 atom stereocenters. The number of nitriles is 1. The number of urea groups is 1. The van der Waals surface area contributed by atoms with E-state index < -0.39 is 5.97 Å². The number of carbonyl (C=O) groups excluding carboxylic acids is 1. The van der Waals surface area contributed by atoms with Crippen LogP contribution in [0.4, 0.5) is 10.5 Å². The van der Waals surface area contributed by atoms with Crippen LogP contribution >= 0.6 is 0 Å². The van der Waals surface area contributed by atoms with Gasteiger partial charge in [0.25, 0.3) is 0 Å². The second-order valence-electron chi connectivity index (χ2n) is 5.17. The molecule has 1 aromatic carbocycles. The van der Waals surface area contributed by atoms with Gasteiger partial charge in [0.15, 0.2) is 0 Å². The van der Waals surface area contributed by atoms with Crippen LogP contribution in [0.5, 0.6) is 0 Å². The van der Waals surface area contributed by atoms with Gasteiger partial charge < -0.3 is 10.0 Å². The Morgan fingerprint density at radius 1 is 1.48 bits per heavy atom. The summed E-state index contributed by atoms with van der Waals surface area (Å²) < 4.78 is 0. The number of benzene rings is 1. The molecule has 1 aliphatic heterocycles. The van der Waals surface area contributed by atoms with Gasteiger partial charge in [0, 0.05) is 26.6 Å². The summed E-state index contributed by atoms with van der Waals surface area (Å²) >= 11 is 0. The van der Waals surface area contributed by atoms with Gasteiger partial charge in [-0.15, -0.1) is 0 Å². The number of rotatable bonds is 3. The molecule has 0 bridgehead atoms. The second kappa shape index (κ2) is 6.27. The zero-order valence-corrected chi connectivity index (χ0v) is 11.8. The van der Waals surface area contributed by atoms with E-state index in [2.05, 4.69) is 6.07 Å². The van der Waals surface area contributed by atoms with Crippen molar-refractivity contribution >= 4 is 17.7 Å². The summed E-state index contributed by atoms with van der Waals surface area (Å²) in [6, 6.07) is 8.77. The van der Waals surface area contributed by atoms with E-state index in [1.807, 2.05) is 0 Å². The molecule has 0 aromatic heterocycles. The molecule has 1 fully saturated rings. The lowest BCUT2D eigenvalue weighted by Crippen LogP contribution is -2.40. The van der Waals surface area contributed by atoms with E-state index >= 15 is 0 Å². The maximum atomic E-state index is 12.4. The van der Waals surface area contributed by atoms with Gasteiger partial charge in [-0.2, -0.15) is 5.26 Å². The number of likely N-dealkylation sites (tertiary alicyclic amines) is 1. The number of para-hydroxylation sites is 1. The van der Waals surface area contributed by atoms with Gasteiger partial charge in [-0.25, -0.2) is 4.79 Å². The van der Waals surface area contributed by atoms with Gasteiger partial charge >= 0.3 is 12.0 Å². The molecule has 1 aromatic rings. The average Bonchev–Trinajstić information content (AvgIpc) is 2.93. The smallest absolute Gasteiger partial charge is 0.324 e. The number of carboxylic acid groups (broad SMARTS) is 1. The molecule has 110 valence electrons. The number of carbonyl (C=O) groups is 2. The van der Waals surface area contributed by atoms with E-state index in [1.54, 1.807) is 36.2 Å². The van der Waals surface area contributed by atoms with Crippen molar-refractivity contribution in [2.24, 2.45) is 5.92 Å². The van der Waals surface area contributed by atoms with E-state index in [9.17, 15) is 9.59 Å². The molecule has 6 nitrogen and oxygen atoms in total. The van der Waals surface area contributed by atoms with Crippen molar-refractivity contribution in [1.82, 2.24) is 4.90 Å². The molecule has 21 heavy (non-hydrogen) atoms.